The molecule has 0 spiro atoms. The molecule has 1 aromatic rings. The van der Waals surface area contributed by atoms with Gasteiger partial charge in [-0.25, -0.2) is 4.79 Å². The van der Waals surface area contributed by atoms with E-state index in [1.165, 1.54) is 0 Å². The van der Waals surface area contributed by atoms with Crippen LogP contribution in [-0.4, -0.2) is 57.8 Å². The highest BCUT2D eigenvalue weighted by Gasteiger charge is 2.44. The molecule has 1 aromatic heterocycles. The topological polar surface area (TPSA) is 71.7 Å². The summed E-state index contributed by atoms with van der Waals surface area (Å²) >= 11 is 0. The van der Waals surface area contributed by atoms with Crippen LogP contribution < -0.4 is 0 Å². The SMILES string of the molecule is Cc1noc([C@@H]2CC[C@H]3[C@H](CCN3C(=O)N3CCCC3)O2)n1. The molecular weight excluding hydrogens is 284 g/mol. The minimum Gasteiger partial charge on any atom is -0.363 e. The number of urea groups is 1. The molecule has 4 heterocycles. The number of nitrogens with zero attached hydrogens (tertiary/aromatic N) is 4. The third-order valence-corrected chi connectivity index (χ3v) is 4.99. The molecule has 2 amide bonds. The maximum absolute atomic E-state index is 12.6. The number of carbonyl (C=O) groups is 1. The van der Waals surface area contributed by atoms with Gasteiger partial charge in [0, 0.05) is 19.6 Å². The lowest BCUT2D eigenvalue weighted by Gasteiger charge is -2.36. The summed E-state index contributed by atoms with van der Waals surface area (Å²) in [5.41, 5.74) is 0. The molecule has 0 bridgehead atoms. The van der Waals surface area contributed by atoms with Crippen LogP contribution in [-0.2, 0) is 4.74 Å². The summed E-state index contributed by atoms with van der Waals surface area (Å²) in [6.07, 6.45) is 4.89. The van der Waals surface area contributed by atoms with Gasteiger partial charge in [0.2, 0.25) is 0 Å². The lowest BCUT2D eigenvalue weighted by atomic mass is 9.99. The van der Waals surface area contributed by atoms with Crippen LogP contribution in [0.25, 0.3) is 0 Å². The maximum atomic E-state index is 12.6. The molecule has 4 rings (SSSR count). The number of aryl methyl sites for hydroxylation is 1. The first-order valence-corrected chi connectivity index (χ1v) is 8.23. The molecule has 0 N–H and O–H groups in total. The summed E-state index contributed by atoms with van der Waals surface area (Å²) in [7, 11) is 0. The van der Waals surface area contributed by atoms with Crippen LogP contribution in [0.5, 0.6) is 0 Å². The summed E-state index contributed by atoms with van der Waals surface area (Å²) in [5.74, 6) is 1.21. The Morgan fingerprint density at radius 3 is 2.73 bits per heavy atom. The van der Waals surface area contributed by atoms with Crippen molar-refractivity contribution in [2.75, 3.05) is 19.6 Å². The molecule has 7 heteroatoms. The van der Waals surface area contributed by atoms with Crippen LogP contribution in [0.15, 0.2) is 4.52 Å². The van der Waals surface area contributed by atoms with E-state index in [2.05, 4.69) is 10.1 Å². The van der Waals surface area contributed by atoms with Crippen molar-refractivity contribution >= 4 is 6.03 Å². The molecule has 22 heavy (non-hydrogen) atoms. The third kappa shape index (κ3) is 2.37. The average Bonchev–Trinajstić information content (AvgIpc) is 3.26. The lowest BCUT2D eigenvalue weighted by molar-refractivity contribution is -0.0789. The van der Waals surface area contributed by atoms with Crippen molar-refractivity contribution in [2.24, 2.45) is 0 Å². The van der Waals surface area contributed by atoms with Gasteiger partial charge in [-0.15, -0.1) is 0 Å². The van der Waals surface area contributed by atoms with Gasteiger partial charge in [0.15, 0.2) is 5.82 Å². The normalized spacial score (nSPS) is 31.6. The van der Waals surface area contributed by atoms with Gasteiger partial charge in [0.25, 0.3) is 5.89 Å². The maximum Gasteiger partial charge on any atom is 0.320 e. The highest BCUT2D eigenvalue weighted by molar-refractivity contribution is 5.75. The minimum absolute atomic E-state index is 0.0949. The van der Waals surface area contributed by atoms with Gasteiger partial charge in [0.05, 0.1) is 12.1 Å². The van der Waals surface area contributed by atoms with E-state index < -0.39 is 0 Å². The first kappa shape index (κ1) is 14.0. The van der Waals surface area contributed by atoms with Crippen LogP contribution in [0.4, 0.5) is 4.79 Å². The zero-order valence-corrected chi connectivity index (χ0v) is 12.9. The number of amides is 2. The van der Waals surface area contributed by atoms with Crippen LogP contribution in [0.1, 0.15) is 49.9 Å². The Hall–Kier alpha value is -1.63. The molecule has 3 aliphatic heterocycles. The molecule has 0 aliphatic carbocycles. The monoisotopic (exact) mass is 306 g/mol. The second kappa shape index (κ2) is 5.53. The van der Waals surface area contributed by atoms with E-state index in [0.717, 1.165) is 51.7 Å². The van der Waals surface area contributed by atoms with E-state index in [-0.39, 0.29) is 24.3 Å². The quantitative estimate of drug-likeness (QED) is 0.792. The van der Waals surface area contributed by atoms with Gasteiger partial charge in [-0.05, 0) is 39.0 Å². The summed E-state index contributed by atoms with van der Waals surface area (Å²) in [6, 6.07) is 0.397. The highest BCUT2D eigenvalue weighted by Crippen LogP contribution is 2.38. The van der Waals surface area contributed by atoms with Gasteiger partial charge in [-0.3, -0.25) is 0 Å². The van der Waals surface area contributed by atoms with Gasteiger partial charge in [-0.2, -0.15) is 4.98 Å². The Balaban J connectivity index is 1.42. The van der Waals surface area contributed by atoms with Crippen molar-refractivity contribution in [1.29, 1.82) is 0 Å². The largest absolute Gasteiger partial charge is 0.363 e. The fourth-order valence-electron chi connectivity index (χ4n) is 3.88. The number of hydrogen-bond donors (Lipinski definition) is 0. The summed E-state index contributed by atoms with van der Waals surface area (Å²) < 4.78 is 11.4. The summed E-state index contributed by atoms with van der Waals surface area (Å²) in [4.78, 5) is 20.9. The van der Waals surface area contributed by atoms with Crippen molar-refractivity contribution in [3.8, 4) is 0 Å². The van der Waals surface area contributed by atoms with E-state index in [0.29, 0.717) is 11.7 Å². The van der Waals surface area contributed by atoms with Crippen LogP contribution >= 0.6 is 0 Å². The molecule has 3 atom stereocenters. The van der Waals surface area contributed by atoms with Crippen molar-refractivity contribution in [3.05, 3.63) is 11.7 Å². The first-order chi connectivity index (χ1) is 10.7. The molecule has 3 fully saturated rings. The molecular formula is C15H22N4O3. The van der Waals surface area contributed by atoms with Gasteiger partial charge in [-0.1, -0.05) is 5.16 Å². The number of fused-ring (bicyclic) bond motifs is 1. The first-order valence-electron chi connectivity index (χ1n) is 8.23. The van der Waals surface area contributed by atoms with E-state index in [9.17, 15) is 4.79 Å². The van der Waals surface area contributed by atoms with E-state index in [4.69, 9.17) is 9.26 Å². The summed E-state index contributed by atoms with van der Waals surface area (Å²) in [6.45, 7) is 4.40. The number of carbonyl (C=O) groups excluding carboxylic acids is 1. The Bertz CT molecular complexity index is 555. The second-order valence-electron chi connectivity index (χ2n) is 6.45. The number of ether oxygens (including phenoxy) is 1. The number of aromatic nitrogens is 2. The molecule has 0 unspecified atom stereocenters. The Morgan fingerprint density at radius 1 is 1.18 bits per heavy atom. The standard InChI is InChI=1S/C15H22N4O3/c1-10-16-14(22-17-10)13-5-4-11-12(21-13)6-9-19(11)15(20)18-7-2-3-8-18/h11-13H,2-9H2,1H3/t11-,12-,13-/m0/s1. The van der Waals surface area contributed by atoms with Crippen LogP contribution in [0.2, 0.25) is 0 Å². The lowest BCUT2D eigenvalue weighted by Crippen LogP contribution is -2.48. The second-order valence-corrected chi connectivity index (χ2v) is 6.45. The zero-order valence-electron chi connectivity index (χ0n) is 12.9. The third-order valence-electron chi connectivity index (χ3n) is 4.99. The van der Waals surface area contributed by atoms with Crippen LogP contribution in [0.3, 0.4) is 0 Å². The van der Waals surface area contributed by atoms with Gasteiger partial charge < -0.3 is 19.1 Å². The number of rotatable bonds is 1. The highest BCUT2D eigenvalue weighted by atomic mass is 16.5. The predicted octanol–water partition coefficient (Wildman–Crippen LogP) is 1.89. The average molecular weight is 306 g/mol. The molecule has 3 saturated heterocycles. The summed E-state index contributed by atoms with van der Waals surface area (Å²) in [5, 5.41) is 3.84. The van der Waals surface area contributed by atoms with Crippen LogP contribution in [0, 0.1) is 6.92 Å². The van der Waals surface area contributed by atoms with Crippen molar-refractivity contribution in [2.45, 2.75) is 57.3 Å². The fourth-order valence-corrected chi connectivity index (χ4v) is 3.88. The Labute approximate surface area is 129 Å². The van der Waals surface area contributed by atoms with Crippen molar-refractivity contribution < 1.29 is 14.1 Å². The van der Waals surface area contributed by atoms with Crippen molar-refractivity contribution in [1.82, 2.24) is 19.9 Å². The molecule has 0 saturated carbocycles. The number of likely N-dealkylation sites (tertiary alicyclic amines) is 2. The predicted molar refractivity (Wildman–Crippen MR) is 77.2 cm³/mol. The van der Waals surface area contributed by atoms with E-state index in [1.54, 1.807) is 0 Å². The minimum atomic E-state index is -0.121. The van der Waals surface area contributed by atoms with Crippen molar-refractivity contribution in [3.63, 3.8) is 0 Å². The molecule has 0 radical (unpaired) electrons. The Morgan fingerprint density at radius 2 is 2.00 bits per heavy atom. The van der Waals surface area contributed by atoms with E-state index >= 15 is 0 Å². The molecule has 0 aromatic carbocycles. The smallest absolute Gasteiger partial charge is 0.320 e. The zero-order chi connectivity index (χ0) is 15.1. The number of hydrogen-bond acceptors (Lipinski definition) is 5. The Kier molecular flexibility index (Phi) is 3.52. The fraction of sp³-hybridized carbons (Fsp3) is 0.800. The molecule has 120 valence electrons. The van der Waals surface area contributed by atoms with E-state index in [1.807, 2.05) is 16.7 Å². The van der Waals surface area contributed by atoms with Gasteiger partial charge >= 0.3 is 6.03 Å². The molecule has 3 aliphatic rings. The van der Waals surface area contributed by atoms with Gasteiger partial charge in [0.1, 0.15) is 6.10 Å². The molecule has 7 nitrogen and oxygen atoms in total.